The van der Waals surface area contributed by atoms with Gasteiger partial charge in [-0.25, -0.2) is 4.98 Å². The van der Waals surface area contributed by atoms with E-state index in [9.17, 15) is 9.90 Å². The Kier molecular flexibility index (Phi) is 5.60. The van der Waals surface area contributed by atoms with Crippen molar-refractivity contribution >= 4 is 28.1 Å². The summed E-state index contributed by atoms with van der Waals surface area (Å²) in [6.07, 6.45) is 3.44. The van der Waals surface area contributed by atoms with Crippen molar-refractivity contribution in [1.29, 1.82) is 0 Å². The van der Waals surface area contributed by atoms with Crippen molar-refractivity contribution in [1.82, 2.24) is 19.8 Å². The SMILES string of the molecule is COc1ccc2c3c([nH]c2c1)[C@H](CO)N(Cc1nccs1)CC31CN(C(=O)C2CCOCC2)C1. The molecule has 2 aromatic heterocycles. The molecule has 2 saturated heterocycles. The standard InChI is InChI=1S/C25H30N4O4S/c1-32-17-2-3-18-19(10-17)27-23-20(12-30)28(11-21-26-6-9-34-21)13-25(22(18)23)14-29(15-25)24(31)16-4-7-33-8-5-16/h2-3,6,9-10,16,20,27,30H,4-5,7-8,11-15H2,1H3/t20-/m0/s1. The summed E-state index contributed by atoms with van der Waals surface area (Å²) in [5.41, 5.74) is 3.13. The predicted molar refractivity (Wildman–Crippen MR) is 129 cm³/mol. The fourth-order valence-electron chi connectivity index (χ4n) is 6.08. The molecule has 0 saturated carbocycles. The first kappa shape index (κ1) is 22.0. The molecule has 0 unspecified atom stereocenters. The third kappa shape index (κ3) is 3.53. The van der Waals surface area contributed by atoms with Gasteiger partial charge in [0.15, 0.2) is 0 Å². The lowest BCUT2D eigenvalue weighted by molar-refractivity contribution is -0.148. The number of carbonyl (C=O) groups excluding carboxylic acids is 1. The van der Waals surface area contributed by atoms with Crippen molar-refractivity contribution in [2.75, 3.05) is 46.6 Å². The molecule has 1 aromatic carbocycles. The summed E-state index contributed by atoms with van der Waals surface area (Å²) in [6.45, 7) is 4.21. The number of methoxy groups -OCH3 is 1. The average Bonchev–Trinajstić information content (AvgIpc) is 3.49. The Bertz CT molecular complexity index is 1180. The van der Waals surface area contributed by atoms with Gasteiger partial charge >= 0.3 is 0 Å². The van der Waals surface area contributed by atoms with E-state index >= 15 is 0 Å². The summed E-state index contributed by atoms with van der Waals surface area (Å²) >= 11 is 1.63. The number of carbonyl (C=O) groups is 1. The number of aliphatic hydroxyl groups is 1. The summed E-state index contributed by atoms with van der Waals surface area (Å²) in [5.74, 6) is 1.12. The molecule has 8 nitrogen and oxygen atoms in total. The Labute approximate surface area is 202 Å². The number of ether oxygens (including phenoxy) is 2. The summed E-state index contributed by atoms with van der Waals surface area (Å²) < 4.78 is 10.9. The smallest absolute Gasteiger partial charge is 0.225 e. The fraction of sp³-hybridized carbons (Fsp3) is 0.520. The summed E-state index contributed by atoms with van der Waals surface area (Å²) in [6, 6.07) is 5.97. The number of H-pyrrole nitrogens is 1. The highest BCUT2D eigenvalue weighted by Gasteiger charge is 2.54. The van der Waals surface area contributed by atoms with Crippen LogP contribution in [0.4, 0.5) is 0 Å². The molecule has 1 spiro atoms. The maximum absolute atomic E-state index is 13.2. The van der Waals surface area contributed by atoms with Gasteiger partial charge in [-0.3, -0.25) is 9.69 Å². The Morgan fingerprint density at radius 1 is 1.32 bits per heavy atom. The number of fused-ring (bicyclic) bond motifs is 4. The molecule has 9 heteroatoms. The van der Waals surface area contributed by atoms with E-state index in [1.165, 1.54) is 5.56 Å². The summed E-state index contributed by atoms with van der Waals surface area (Å²) in [4.78, 5) is 25.7. The molecule has 0 aliphatic carbocycles. The van der Waals surface area contributed by atoms with Crippen molar-refractivity contribution in [3.63, 3.8) is 0 Å². The molecule has 180 valence electrons. The number of aliphatic hydroxyl groups excluding tert-OH is 1. The second kappa shape index (κ2) is 8.64. The van der Waals surface area contributed by atoms with Crippen LogP contribution in [0.25, 0.3) is 10.9 Å². The van der Waals surface area contributed by atoms with E-state index in [0.717, 1.165) is 46.7 Å². The first-order valence-electron chi connectivity index (χ1n) is 11.9. The van der Waals surface area contributed by atoms with E-state index in [-0.39, 0.29) is 29.9 Å². The Morgan fingerprint density at radius 2 is 2.15 bits per heavy atom. The molecule has 5 heterocycles. The van der Waals surface area contributed by atoms with Gasteiger partial charge in [0, 0.05) is 78.4 Å². The summed E-state index contributed by atoms with van der Waals surface area (Å²) in [7, 11) is 1.67. The van der Waals surface area contributed by atoms with Gasteiger partial charge in [-0.1, -0.05) is 0 Å². The number of rotatable bonds is 5. The zero-order chi connectivity index (χ0) is 23.3. The van der Waals surface area contributed by atoms with Gasteiger partial charge in [0.05, 0.1) is 26.3 Å². The lowest BCUT2D eigenvalue weighted by atomic mass is 9.68. The van der Waals surface area contributed by atoms with Gasteiger partial charge in [-0.15, -0.1) is 11.3 Å². The van der Waals surface area contributed by atoms with Crippen molar-refractivity contribution in [3.05, 3.63) is 46.0 Å². The molecule has 3 aliphatic rings. The van der Waals surface area contributed by atoms with Crippen molar-refractivity contribution in [2.45, 2.75) is 30.8 Å². The monoisotopic (exact) mass is 482 g/mol. The van der Waals surface area contributed by atoms with Gasteiger partial charge < -0.3 is 24.5 Å². The number of benzene rings is 1. The first-order valence-corrected chi connectivity index (χ1v) is 12.8. The van der Waals surface area contributed by atoms with Crippen LogP contribution in [-0.4, -0.2) is 77.3 Å². The van der Waals surface area contributed by atoms with Crippen molar-refractivity contribution in [3.8, 4) is 5.75 Å². The highest BCUT2D eigenvalue weighted by Crippen LogP contribution is 2.49. The average molecular weight is 483 g/mol. The third-order valence-electron chi connectivity index (χ3n) is 7.71. The van der Waals surface area contributed by atoms with E-state index in [4.69, 9.17) is 9.47 Å². The molecule has 2 N–H and O–H groups in total. The molecule has 1 atom stereocenters. The van der Waals surface area contributed by atoms with E-state index < -0.39 is 0 Å². The highest BCUT2D eigenvalue weighted by molar-refractivity contribution is 7.09. The summed E-state index contributed by atoms with van der Waals surface area (Å²) in [5, 5.41) is 14.6. The number of thiazole rings is 1. The van der Waals surface area contributed by atoms with Gasteiger partial charge in [0.25, 0.3) is 0 Å². The maximum atomic E-state index is 13.2. The molecule has 3 aliphatic heterocycles. The minimum atomic E-state index is -0.175. The molecule has 0 radical (unpaired) electrons. The quantitative estimate of drug-likeness (QED) is 0.581. The molecular formula is C25H30N4O4S. The van der Waals surface area contributed by atoms with Crippen LogP contribution in [0.3, 0.4) is 0 Å². The lowest BCUT2D eigenvalue weighted by Gasteiger charge is -2.56. The van der Waals surface area contributed by atoms with Crippen LogP contribution >= 0.6 is 11.3 Å². The zero-order valence-corrected chi connectivity index (χ0v) is 20.1. The molecular weight excluding hydrogens is 452 g/mol. The van der Waals surface area contributed by atoms with Crippen molar-refractivity contribution in [2.24, 2.45) is 5.92 Å². The van der Waals surface area contributed by atoms with Gasteiger partial charge in [0.2, 0.25) is 5.91 Å². The van der Waals surface area contributed by atoms with Crippen LogP contribution in [0.1, 0.15) is 35.1 Å². The van der Waals surface area contributed by atoms with Crippen molar-refractivity contribution < 1.29 is 19.4 Å². The van der Waals surface area contributed by atoms with Gasteiger partial charge in [0.1, 0.15) is 10.8 Å². The first-order chi connectivity index (χ1) is 16.6. The Balaban J connectivity index is 1.38. The molecule has 6 rings (SSSR count). The number of hydrogen-bond acceptors (Lipinski definition) is 7. The number of hydrogen-bond donors (Lipinski definition) is 2. The number of nitrogens with one attached hydrogen (secondary N) is 1. The van der Waals surface area contributed by atoms with Crippen LogP contribution in [0.2, 0.25) is 0 Å². The van der Waals surface area contributed by atoms with E-state index in [2.05, 4.69) is 20.9 Å². The van der Waals surface area contributed by atoms with E-state index in [1.54, 1.807) is 18.4 Å². The molecule has 3 aromatic rings. The minimum Gasteiger partial charge on any atom is -0.497 e. The molecule has 0 bridgehead atoms. The minimum absolute atomic E-state index is 0.0170. The molecule has 34 heavy (non-hydrogen) atoms. The lowest BCUT2D eigenvalue weighted by Crippen LogP contribution is -2.68. The Morgan fingerprint density at radius 3 is 2.85 bits per heavy atom. The highest BCUT2D eigenvalue weighted by atomic mass is 32.1. The second-order valence-electron chi connectivity index (χ2n) is 9.72. The largest absolute Gasteiger partial charge is 0.497 e. The Hall–Kier alpha value is -2.46. The van der Waals surface area contributed by atoms with Crippen LogP contribution in [0.15, 0.2) is 29.8 Å². The van der Waals surface area contributed by atoms with Gasteiger partial charge in [-0.05, 0) is 30.5 Å². The van der Waals surface area contributed by atoms with E-state index in [1.807, 2.05) is 28.6 Å². The van der Waals surface area contributed by atoms with Crippen LogP contribution in [0.5, 0.6) is 5.75 Å². The normalized spacial score (nSPS) is 22.6. The predicted octanol–water partition coefficient (Wildman–Crippen LogP) is 2.69. The van der Waals surface area contributed by atoms with E-state index in [0.29, 0.717) is 32.8 Å². The van der Waals surface area contributed by atoms with Crippen LogP contribution < -0.4 is 4.74 Å². The fourth-order valence-corrected chi connectivity index (χ4v) is 6.73. The third-order valence-corrected chi connectivity index (χ3v) is 8.47. The number of aromatic nitrogens is 2. The van der Waals surface area contributed by atoms with Crippen LogP contribution in [0, 0.1) is 5.92 Å². The number of likely N-dealkylation sites (tertiary alicyclic amines) is 1. The zero-order valence-electron chi connectivity index (χ0n) is 19.3. The molecule has 2 fully saturated rings. The second-order valence-corrected chi connectivity index (χ2v) is 10.7. The molecule has 1 amide bonds. The van der Waals surface area contributed by atoms with Gasteiger partial charge in [-0.2, -0.15) is 0 Å². The van der Waals surface area contributed by atoms with Crippen LogP contribution in [-0.2, 0) is 21.5 Å². The topological polar surface area (TPSA) is 90.9 Å². The number of aromatic amines is 1. The maximum Gasteiger partial charge on any atom is 0.225 e. The number of nitrogens with zero attached hydrogens (tertiary/aromatic N) is 3. The number of amides is 1.